The van der Waals surface area contributed by atoms with E-state index in [0.717, 1.165) is 46.6 Å². The summed E-state index contributed by atoms with van der Waals surface area (Å²) in [6.45, 7) is 17.0. The SMILES string of the molecule is COc1ccc(OCCCC[C@H](O)COc2cccc3c2c(C)nn3C(=O)OC(C)(C)C)cc1OC.COc1ccc(OCCN)cc1OC.Cc1nn(C(=O)OC(C)(C)C)c2cccc(OC[C@@H]3CS3)c12.S.S. The summed E-state index contributed by atoms with van der Waals surface area (Å²) < 4.78 is 57.1. The van der Waals surface area contributed by atoms with Gasteiger partial charge in [-0.1, -0.05) is 12.1 Å². The molecule has 7 rings (SSSR count). The van der Waals surface area contributed by atoms with Crippen molar-refractivity contribution in [3.63, 3.8) is 0 Å². The molecule has 0 spiro atoms. The molecule has 2 atom stereocenters. The van der Waals surface area contributed by atoms with Crippen molar-refractivity contribution >= 4 is 72.7 Å². The number of aliphatic hydroxyl groups excluding tert-OH is 1. The first-order valence-electron chi connectivity index (χ1n) is 23.7. The van der Waals surface area contributed by atoms with Crippen LogP contribution in [0.4, 0.5) is 9.59 Å². The Kier molecular flexibility index (Phi) is 24.7. The first-order valence-corrected chi connectivity index (χ1v) is 24.7. The highest BCUT2D eigenvalue weighted by Gasteiger charge is 2.26. The van der Waals surface area contributed by atoms with E-state index >= 15 is 0 Å². The molecule has 0 unspecified atom stereocenters. The molecule has 1 saturated heterocycles. The maximum atomic E-state index is 12.6. The van der Waals surface area contributed by atoms with Gasteiger partial charge < -0.3 is 58.2 Å². The van der Waals surface area contributed by atoms with Crippen LogP contribution in [0.25, 0.3) is 21.8 Å². The molecular weight excluding hydrogens is 1010 g/mol. The van der Waals surface area contributed by atoms with Crippen molar-refractivity contribution in [3.05, 3.63) is 84.2 Å². The van der Waals surface area contributed by atoms with E-state index in [-0.39, 0.29) is 33.6 Å². The van der Waals surface area contributed by atoms with Crippen LogP contribution in [-0.2, 0) is 9.47 Å². The Balaban J connectivity index is 0.000000322. The summed E-state index contributed by atoms with van der Waals surface area (Å²) in [5.74, 6) is 6.54. The van der Waals surface area contributed by atoms with Crippen LogP contribution >= 0.6 is 38.8 Å². The van der Waals surface area contributed by atoms with Gasteiger partial charge in [-0.05, 0) is 123 Å². The molecule has 1 aliphatic rings. The molecule has 1 aliphatic heterocycles. The van der Waals surface area contributed by atoms with Crippen LogP contribution in [0.3, 0.4) is 0 Å². The molecule has 1 fully saturated rings. The molecule has 21 heteroatoms. The number of thioether (sulfide) groups is 1. The average molecular weight is 1090 g/mol. The van der Waals surface area contributed by atoms with Crippen molar-refractivity contribution in [1.82, 2.24) is 19.6 Å². The molecule has 18 nitrogen and oxygen atoms in total. The van der Waals surface area contributed by atoms with Crippen LogP contribution in [0.2, 0.25) is 0 Å². The third kappa shape index (κ3) is 18.5. The Labute approximate surface area is 452 Å². The van der Waals surface area contributed by atoms with Crippen LogP contribution in [-0.4, -0.2) is 127 Å². The predicted octanol–water partition coefficient (Wildman–Crippen LogP) is 10.0. The Morgan fingerprint density at radius 2 is 1.09 bits per heavy atom. The first kappa shape index (κ1) is 62.4. The molecule has 0 saturated carbocycles. The van der Waals surface area contributed by atoms with E-state index in [1.807, 2.05) is 97.5 Å². The van der Waals surface area contributed by atoms with Gasteiger partial charge in [-0.15, -0.1) is 0 Å². The van der Waals surface area contributed by atoms with Gasteiger partial charge in [-0.3, -0.25) is 0 Å². The number of nitrogens with two attached hydrogens (primary N) is 1. The number of aryl methyl sites for hydroxylation is 2. The lowest BCUT2D eigenvalue weighted by atomic mass is 10.1. The number of hydrogen-bond donors (Lipinski definition) is 2. The first-order chi connectivity index (χ1) is 34.3. The number of benzene rings is 4. The van der Waals surface area contributed by atoms with E-state index < -0.39 is 29.5 Å². The summed E-state index contributed by atoms with van der Waals surface area (Å²) in [6.07, 6.45) is 0.470. The third-order valence-electron chi connectivity index (χ3n) is 10.4. The van der Waals surface area contributed by atoms with E-state index in [1.54, 1.807) is 70.9 Å². The second-order valence-corrected chi connectivity index (χ2v) is 19.8. The Bertz CT molecular complexity index is 2720. The molecule has 0 aliphatic carbocycles. The summed E-state index contributed by atoms with van der Waals surface area (Å²) in [6, 6.07) is 21.8. The highest BCUT2D eigenvalue weighted by Crippen LogP contribution is 2.35. The maximum Gasteiger partial charge on any atom is 0.435 e. The minimum Gasteiger partial charge on any atom is -0.493 e. The molecule has 6 aromatic rings. The molecule has 74 heavy (non-hydrogen) atoms. The van der Waals surface area contributed by atoms with Gasteiger partial charge in [-0.25, -0.2) is 9.59 Å². The van der Waals surface area contributed by atoms with Gasteiger partial charge in [0.2, 0.25) is 0 Å². The third-order valence-corrected chi connectivity index (χ3v) is 11.3. The topological polar surface area (TPSA) is 208 Å². The zero-order valence-corrected chi connectivity index (χ0v) is 47.4. The van der Waals surface area contributed by atoms with Crippen molar-refractivity contribution < 1.29 is 62.1 Å². The fraction of sp³-hybridized carbons (Fsp3) is 0.472. The number of nitrogens with zero attached hydrogens (tertiary/aromatic N) is 4. The molecule has 0 amide bonds. The predicted molar refractivity (Wildman–Crippen MR) is 299 cm³/mol. The van der Waals surface area contributed by atoms with Gasteiger partial charge >= 0.3 is 12.2 Å². The number of hydrogen-bond acceptors (Lipinski definition) is 17. The Hall–Kier alpha value is -5.87. The highest BCUT2D eigenvalue weighted by molar-refractivity contribution is 8.06. The van der Waals surface area contributed by atoms with E-state index in [4.69, 9.17) is 53.1 Å². The molecule has 3 N–H and O–H groups in total. The number of aliphatic hydroxyl groups is 1. The van der Waals surface area contributed by atoms with E-state index in [1.165, 1.54) is 9.36 Å². The van der Waals surface area contributed by atoms with Crippen molar-refractivity contribution in [1.29, 1.82) is 0 Å². The minimum absolute atomic E-state index is 0. The number of rotatable bonds is 19. The Morgan fingerprint density at radius 3 is 1.51 bits per heavy atom. The smallest absolute Gasteiger partial charge is 0.435 e. The van der Waals surface area contributed by atoms with Crippen LogP contribution in [0, 0.1) is 13.8 Å². The van der Waals surface area contributed by atoms with Crippen LogP contribution in [0.5, 0.6) is 46.0 Å². The highest BCUT2D eigenvalue weighted by atomic mass is 32.2. The number of ether oxygens (including phenoxy) is 10. The lowest BCUT2D eigenvalue weighted by Crippen LogP contribution is -2.27. The van der Waals surface area contributed by atoms with Gasteiger partial charge in [0.05, 0.1) is 74.3 Å². The lowest BCUT2D eigenvalue weighted by Gasteiger charge is -2.19. The largest absolute Gasteiger partial charge is 0.493 e. The van der Waals surface area contributed by atoms with Gasteiger partial charge in [0.1, 0.15) is 54.0 Å². The average Bonchev–Trinajstić information content (AvgIpc) is 4.03. The van der Waals surface area contributed by atoms with Crippen molar-refractivity contribution in [2.75, 3.05) is 67.2 Å². The molecule has 3 heterocycles. The van der Waals surface area contributed by atoms with Crippen molar-refractivity contribution in [2.45, 2.75) is 97.2 Å². The second kappa shape index (κ2) is 29.3. The second-order valence-electron chi connectivity index (χ2n) is 18.5. The standard InChI is InChI=1S/C27H36N2O7.C16H20N2O3S.C10H15NO3.2H2S/c1-18-25-21(29(28-18)26(31)36-27(2,3)4)11-9-12-23(25)35-17-19(30)10-7-8-15-34-20-13-14-22(32-5)24(16-20)33-6;1-10-14-12(18(17-10)15(19)21-16(2,3)4)6-5-7-13(14)20-8-11-9-22-11;1-12-9-4-3-8(14-6-5-11)7-10(9)13-2;;/h9,11-14,16,19,30H,7-8,10,15,17H2,1-6H3;5-7,11H,8-9H2,1-4H3;3-4,7H,5-6,11H2,1-2H3;2*1H2/t19-;11-;;;/m01.../s1. The minimum atomic E-state index is -0.637. The normalized spacial score (nSPS) is 13.0. The fourth-order valence-electron chi connectivity index (χ4n) is 7.03. The summed E-state index contributed by atoms with van der Waals surface area (Å²) in [7, 11) is 6.36. The molecular formula is C53H75N5O13S3. The van der Waals surface area contributed by atoms with Crippen molar-refractivity contribution in [2.24, 2.45) is 5.73 Å². The number of fused-ring (bicyclic) bond motifs is 2. The summed E-state index contributed by atoms with van der Waals surface area (Å²) in [4.78, 5) is 24.9. The van der Waals surface area contributed by atoms with Gasteiger partial charge in [0, 0.05) is 29.7 Å². The van der Waals surface area contributed by atoms with E-state index in [2.05, 4.69) is 10.2 Å². The van der Waals surface area contributed by atoms with Gasteiger partial charge in [-0.2, -0.15) is 58.3 Å². The summed E-state index contributed by atoms with van der Waals surface area (Å²) in [5.41, 5.74) is 6.86. The number of carbonyl (C=O) groups excluding carboxylic acids is 2. The summed E-state index contributed by atoms with van der Waals surface area (Å²) >= 11 is 1.89. The zero-order valence-electron chi connectivity index (χ0n) is 44.6. The quantitative estimate of drug-likeness (QED) is 0.0571. The molecule has 0 bridgehead atoms. The molecule has 408 valence electrons. The maximum absolute atomic E-state index is 12.6. The molecule has 0 radical (unpaired) electrons. The van der Waals surface area contributed by atoms with Crippen molar-refractivity contribution in [3.8, 4) is 46.0 Å². The van der Waals surface area contributed by atoms with Crippen LogP contribution < -0.4 is 43.6 Å². The Morgan fingerprint density at radius 1 is 0.649 bits per heavy atom. The van der Waals surface area contributed by atoms with E-state index in [9.17, 15) is 14.7 Å². The van der Waals surface area contributed by atoms with Crippen LogP contribution in [0.15, 0.2) is 72.8 Å². The lowest BCUT2D eigenvalue weighted by molar-refractivity contribution is 0.0511. The molecule has 2 aromatic heterocycles. The molecule has 4 aromatic carbocycles. The summed E-state index contributed by atoms with van der Waals surface area (Å²) in [5, 5.41) is 21.3. The number of aromatic nitrogens is 4. The number of unbranched alkanes of at least 4 members (excludes halogenated alkanes) is 1. The number of methoxy groups -OCH3 is 4. The monoisotopic (exact) mass is 1090 g/mol. The van der Waals surface area contributed by atoms with Gasteiger partial charge in [0.25, 0.3) is 0 Å². The van der Waals surface area contributed by atoms with Gasteiger partial charge in [0.15, 0.2) is 23.0 Å². The fourth-order valence-corrected chi connectivity index (χ4v) is 7.43. The van der Waals surface area contributed by atoms with E-state index in [0.29, 0.717) is 89.3 Å². The zero-order chi connectivity index (χ0) is 52.6. The number of carbonyl (C=O) groups is 2. The van der Waals surface area contributed by atoms with Crippen LogP contribution in [0.1, 0.15) is 72.2 Å².